The maximum Gasteiger partial charge on any atom is 0.490 e. The summed E-state index contributed by atoms with van der Waals surface area (Å²) in [6, 6.07) is -1.40. The Morgan fingerprint density at radius 2 is 1.75 bits per heavy atom. The Labute approximate surface area is 162 Å². The largest absolute Gasteiger partial charge is 0.490 e. The maximum absolute atomic E-state index is 12.8. The van der Waals surface area contributed by atoms with E-state index in [0.29, 0.717) is 12.8 Å². The number of hydrogen-bond donors (Lipinski definition) is 2. The lowest BCUT2D eigenvalue weighted by atomic mass is 9.80. The first-order valence-corrected chi connectivity index (χ1v) is 9.44. The molecule has 5 atom stereocenters. The summed E-state index contributed by atoms with van der Waals surface area (Å²) in [4.78, 5) is 35.5. The van der Waals surface area contributed by atoms with Crippen LogP contribution in [0.5, 0.6) is 0 Å². The van der Waals surface area contributed by atoms with Crippen LogP contribution in [0.4, 0.5) is 13.2 Å². The molecule has 0 aromatic rings. The topological polar surface area (TPSA) is 108 Å². The van der Waals surface area contributed by atoms with Crippen LogP contribution >= 0.6 is 0 Å². The SMILES string of the molecule is CCOC(=O)[C@H]1C[C@@H](N)[C@H]([C@@H](NC(C)=O)C(CC)CC)[C@@H]1OC(=O)C(F)(F)F. The van der Waals surface area contributed by atoms with Crippen LogP contribution in [-0.2, 0) is 23.9 Å². The molecule has 3 N–H and O–H groups in total. The normalized spacial score (nSPS) is 26.0. The number of carbonyl (C=O) groups is 3. The van der Waals surface area contributed by atoms with E-state index in [1.165, 1.54) is 6.92 Å². The number of hydrogen-bond acceptors (Lipinski definition) is 6. The summed E-state index contributed by atoms with van der Waals surface area (Å²) >= 11 is 0. The molecule has 0 heterocycles. The lowest BCUT2D eigenvalue weighted by Crippen LogP contribution is -2.53. The third-order valence-electron chi connectivity index (χ3n) is 5.20. The summed E-state index contributed by atoms with van der Waals surface area (Å²) in [5, 5.41) is 2.74. The third-order valence-corrected chi connectivity index (χ3v) is 5.20. The molecular weight excluding hydrogens is 381 g/mol. The summed E-state index contributed by atoms with van der Waals surface area (Å²) < 4.78 is 48.1. The highest BCUT2D eigenvalue weighted by molar-refractivity contribution is 5.78. The molecule has 0 aromatic carbocycles. The van der Waals surface area contributed by atoms with Gasteiger partial charge in [0.15, 0.2) is 0 Å². The van der Waals surface area contributed by atoms with Crippen LogP contribution in [0.25, 0.3) is 0 Å². The molecule has 0 radical (unpaired) electrons. The van der Waals surface area contributed by atoms with Crippen molar-refractivity contribution >= 4 is 17.8 Å². The number of alkyl halides is 3. The van der Waals surface area contributed by atoms with Gasteiger partial charge in [-0.15, -0.1) is 0 Å². The fourth-order valence-corrected chi connectivity index (χ4v) is 3.96. The van der Waals surface area contributed by atoms with Crippen LogP contribution in [0, 0.1) is 17.8 Å². The summed E-state index contributed by atoms with van der Waals surface area (Å²) in [5.74, 6) is -5.65. The molecule has 1 fully saturated rings. The lowest BCUT2D eigenvalue weighted by molar-refractivity contribution is -0.210. The molecule has 1 aliphatic carbocycles. The van der Waals surface area contributed by atoms with Gasteiger partial charge in [-0.3, -0.25) is 9.59 Å². The van der Waals surface area contributed by atoms with E-state index in [1.807, 2.05) is 13.8 Å². The van der Waals surface area contributed by atoms with Crippen molar-refractivity contribution in [3.05, 3.63) is 0 Å². The van der Waals surface area contributed by atoms with Crippen LogP contribution in [0.15, 0.2) is 0 Å². The molecule has 1 aliphatic rings. The Morgan fingerprint density at radius 1 is 1.18 bits per heavy atom. The number of esters is 2. The van der Waals surface area contributed by atoms with Gasteiger partial charge in [-0.05, 0) is 19.3 Å². The molecule has 0 aliphatic heterocycles. The van der Waals surface area contributed by atoms with E-state index < -0.39 is 48.1 Å². The van der Waals surface area contributed by atoms with Crippen molar-refractivity contribution in [3.8, 4) is 0 Å². The first kappa shape index (κ1) is 24.2. The number of carbonyl (C=O) groups excluding carboxylic acids is 3. The molecule has 1 amide bonds. The van der Waals surface area contributed by atoms with Crippen molar-refractivity contribution in [1.29, 1.82) is 0 Å². The number of nitrogens with one attached hydrogen (secondary N) is 1. The highest BCUT2D eigenvalue weighted by atomic mass is 19.4. The van der Waals surface area contributed by atoms with E-state index >= 15 is 0 Å². The number of ether oxygens (including phenoxy) is 2. The second kappa shape index (κ2) is 10.1. The van der Waals surface area contributed by atoms with Crippen LogP contribution in [0.2, 0.25) is 0 Å². The fourth-order valence-electron chi connectivity index (χ4n) is 3.96. The zero-order valence-corrected chi connectivity index (χ0v) is 16.5. The van der Waals surface area contributed by atoms with Crippen molar-refractivity contribution in [2.24, 2.45) is 23.5 Å². The van der Waals surface area contributed by atoms with Gasteiger partial charge in [0.1, 0.15) is 6.10 Å². The first-order valence-electron chi connectivity index (χ1n) is 9.44. The second-order valence-electron chi connectivity index (χ2n) is 7.01. The van der Waals surface area contributed by atoms with Gasteiger partial charge < -0.3 is 20.5 Å². The molecule has 0 saturated heterocycles. The van der Waals surface area contributed by atoms with Gasteiger partial charge in [0.2, 0.25) is 5.91 Å². The number of rotatable bonds is 8. The van der Waals surface area contributed by atoms with Crippen LogP contribution in [0.3, 0.4) is 0 Å². The summed E-state index contributed by atoms with van der Waals surface area (Å²) in [6.45, 7) is 6.63. The van der Waals surface area contributed by atoms with Crippen molar-refractivity contribution < 1.29 is 37.0 Å². The van der Waals surface area contributed by atoms with Gasteiger partial charge in [0.25, 0.3) is 0 Å². The van der Waals surface area contributed by atoms with Gasteiger partial charge in [-0.1, -0.05) is 26.7 Å². The van der Waals surface area contributed by atoms with E-state index in [0.717, 1.165) is 0 Å². The molecule has 0 bridgehead atoms. The standard InChI is InChI=1S/C18H29F3N2O5/c1-5-10(6-2)14(23-9(4)24)13-12(22)8-11(16(25)27-7-3)15(13)28-17(26)18(19,20)21/h10-15H,5-8,22H2,1-4H3,(H,23,24)/t11-,12+,13+,14-,15+/m0/s1. The first-order chi connectivity index (χ1) is 13.0. The highest BCUT2D eigenvalue weighted by Gasteiger charge is 2.55. The number of nitrogens with two attached hydrogens (primary N) is 1. The molecule has 10 heteroatoms. The Balaban J connectivity index is 3.32. The van der Waals surface area contributed by atoms with Gasteiger partial charge in [-0.2, -0.15) is 13.2 Å². The Morgan fingerprint density at radius 3 is 2.18 bits per heavy atom. The molecular formula is C18H29F3N2O5. The predicted octanol–water partition coefficient (Wildman–Crippen LogP) is 1.93. The minimum absolute atomic E-state index is 0.00443. The molecule has 0 aromatic heterocycles. The van der Waals surface area contributed by atoms with Gasteiger partial charge >= 0.3 is 18.1 Å². The zero-order valence-electron chi connectivity index (χ0n) is 16.5. The fraction of sp³-hybridized carbons (Fsp3) is 0.833. The summed E-state index contributed by atoms with van der Waals surface area (Å²) in [6.07, 6.45) is -5.42. The van der Waals surface area contributed by atoms with Gasteiger partial charge in [0.05, 0.1) is 12.5 Å². The van der Waals surface area contributed by atoms with E-state index in [2.05, 4.69) is 5.32 Å². The Hall–Kier alpha value is -1.84. The van der Waals surface area contributed by atoms with Crippen LogP contribution in [-0.4, -0.2) is 48.8 Å². The minimum Gasteiger partial charge on any atom is -0.466 e. The Bertz CT molecular complexity index is 566. The van der Waals surface area contributed by atoms with Crippen molar-refractivity contribution in [3.63, 3.8) is 0 Å². The van der Waals surface area contributed by atoms with E-state index in [4.69, 9.17) is 15.2 Å². The smallest absolute Gasteiger partial charge is 0.466 e. The maximum atomic E-state index is 12.8. The predicted molar refractivity (Wildman–Crippen MR) is 93.8 cm³/mol. The van der Waals surface area contributed by atoms with Crippen LogP contribution < -0.4 is 11.1 Å². The van der Waals surface area contributed by atoms with Gasteiger partial charge in [-0.25, -0.2) is 4.79 Å². The van der Waals surface area contributed by atoms with E-state index in [9.17, 15) is 27.6 Å². The van der Waals surface area contributed by atoms with Crippen molar-refractivity contribution in [2.45, 2.75) is 71.3 Å². The lowest BCUT2D eigenvalue weighted by Gasteiger charge is -2.36. The van der Waals surface area contributed by atoms with Gasteiger partial charge in [0, 0.05) is 24.9 Å². The Kier molecular flexibility index (Phi) is 8.72. The zero-order chi connectivity index (χ0) is 21.6. The molecule has 1 saturated carbocycles. The molecule has 1 rings (SSSR count). The monoisotopic (exact) mass is 410 g/mol. The molecule has 28 heavy (non-hydrogen) atoms. The molecule has 7 nitrogen and oxygen atoms in total. The number of halogens is 3. The minimum atomic E-state index is -5.21. The van der Waals surface area contributed by atoms with E-state index in [1.54, 1.807) is 6.92 Å². The molecule has 0 spiro atoms. The van der Waals surface area contributed by atoms with E-state index in [-0.39, 0.29) is 24.9 Å². The van der Waals surface area contributed by atoms with Crippen molar-refractivity contribution in [1.82, 2.24) is 5.32 Å². The van der Waals surface area contributed by atoms with Crippen molar-refractivity contribution in [2.75, 3.05) is 6.61 Å². The summed E-state index contributed by atoms with van der Waals surface area (Å²) in [7, 11) is 0. The van der Waals surface area contributed by atoms with Crippen LogP contribution in [0.1, 0.15) is 47.0 Å². The quantitative estimate of drug-likeness (QED) is 0.592. The average Bonchev–Trinajstić information content (AvgIpc) is 2.90. The molecule has 162 valence electrons. The summed E-state index contributed by atoms with van der Waals surface area (Å²) in [5.41, 5.74) is 6.17. The molecule has 0 unspecified atom stereocenters. The number of amides is 1. The second-order valence-corrected chi connectivity index (χ2v) is 7.01. The third kappa shape index (κ3) is 5.83. The highest BCUT2D eigenvalue weighted by Crippen LogP contribution is 2.40. The average molecular weight is 410 g/mol.